The van der Waals surface area contributed by atoms with E-state index in [9.17, 15) is 9.59 Å². The van der Waals surface area contributed by atoms with Crippen molar-refractivity contribution in [3.8, 4) is 12.3 Å². The number of hydrogen-bond acceptors (Lipinski definition) is 3. The van der Waals surface area contributed by atoms with Crippen LogP contribution >= 0.6 is 0 Å². The lowest BCUT2D eigenvalue weighted by atomic mass is 10.1. The van der Waals surface area contributed by atoms with Crippen LogP contribution in [0.15, 0.2) is 24.3 Å². The molecule has 1 heterocycles. The van der Waals surface area contributed by atoms with E-state index in [4.69, 9.17) is 11.2 Å². The first kappa shape index (κ1) is 14.1. The van der Waals surface area contributed by atoms with Gasteiger partial charge in [-0.15, -0.1) is 6.42 Å². The van der Waals surface area contributed by atoms with Crippen LogP contribution in [0.25, 0.3) is 0 Å². The van der Waals surface area contributed by atoms with Crippen molar-refractivity contribution < 1.29 is 14.3 Å². The number of rotatable bonds is 4. The molecule has 1 atom stereocenters. The van der Waals surface area contributed by atoms with E-state index < -0.39 is 6.10 Å². The number of benzene rings is 1. The normalized spacial score (nSPS) is 17.2. The van der Waals surface area contributed by atoms with Crippen LogP contribution in [0.1, 0.15) is 23.2 Å². The maximum absolute atomic E-state index is 11.9. The van der Waals surface area contributed by atoms with E-state index in [1.54, 1.807) is 24.3 Å². The Balaban J connectivity index is 2.00. The molecule has 2 N–H and O–H groups in total. The molecular formula is C15H16N2O3. The van der Waals surface area contributed by atoms with Crippen LogP contribution in [-0.4, -0.2) is 31.1 Å². The Morgan fingerprint density at radius 3 is 3.00 bits per heavy atom. The average molecular weight is 272 g/mol. The van der Waals surface area contributed by atoms with E-state index >= 15 is 0 Å². The van der Waals surface area contributed by atoms with E-state index in [-0.39, 0.29) is 18.4 Å². The van der Waals surface area contributed by atoms with Gasteiger partial charge in [0, 0.05) is 17.9 Å². The summed E-state index contributed by atoms with van der Waals surface area (Å²) in [5, 5.41) is 5.32. The first-order valence-corrected chi connectivity index (χ1v) is 6.45. The number of carbonyl (C=O) groups is 2. The Morgan fingerprint density at radius 2 is 2.30 bits per heavy atom. The van der Waals surface area contributed by atoms with E-state index in [2.05, 4.69) is 16.6 Å². The zero-order valence-electron chi connectivity index (χ0n) is 11.0. The lowest BCUT2D eigenvalue weighted by Gasteiger charge is -2.11. The maximum Gasteiger partial charge on any atom is 0.253 e. The molecule has 5 nitrogen and oxygen atoms in total. The fourth-order valence-electron chi connectivity index (χ4n) is 1.98. The molecule has 0 saturated carbocycles. The fraction of sp³-hybridized carbons (Fsp3) is 0.333. The fourth-order valence-corrected chi connectivity index (χ4v) is 1.98. The first-order valence-electron chi connectivity index (χ1n) is 6.45. The van der Waals surface area contributed by atoms with Crippen molar-refractivity contribution in [1.82, 2.24) is 5.32 Å². The Labute approximate surface area is 117 Å². The molecule has 0 aliphatic carbocycles. The van der Waals surface area contributed by atoms with Crippen LogP contribution in [0.4, 0.5) is 5.69 Å². The van der Waals surface area contributed by atoms with Crippen molar-refractivity contribution in [3.63, 3.8) is 0 Å². The van der Waals surface area contributed by atoms with Crippen molar-refractivity contribution in [2.75, 3.05) is 18.5 Å². The van der Waals surface area contributed by atoms with E-state index in [0.29, 0.717) is 17.9 Å². The molecule has 0 spiro atoms. The monoisotopic (exact) mass is 272 g/mol. The van der Waals surface area contributed by atoms with Gasteiger partial charge in [0.15, 0.2) is 0 Å². The molecule has 5 heteroatoms. The van der Waals surface area contributed by atoms with Crippen molar-refractivity contribution in [2.24, 2.45) is 0 Å². The van der Waals surface area contributed by atoms with Gasteiger partial charge in [0.2, 0.25) is 0 Å². The van der Waals surface area contributed by atoms with Gasteiger partial charge in [-0.2, -0.15) is 0 Å². The van der Waals surface area contributed by atoms with Gasteiger partial charge in [0.25, 0.3) is 11.8 Å². The van der Waals surface area contributed by atoms with E-state index in [1.807, 2.05) is 0 Å². The quantitative estimate of drug-likeness (QED) is 0.808. The van der Waals surface area contributed by atoms with Crippen molar-refractivity contribution in [2.45, 2.75) is 18.9 Å². The minimum Gasteiger partial charge on any atom is -0.368 e. The van der Waals surface area contributed by atoms with Crippen LogP contribution in [0.2, 0.25) is 0 Å². The van der Waals surface area contributed by atoms with Crippen molar-refractivity contribution >= 4 is 17.5 Å². The number of hydrogen-bond donors (Lipinski definition) is 2. The number of amides is 2. The molecule has 2 amide bonds. The van der Waals surface area contributed by atoms with Crippen LogP contribution in [0.5, 0.6) is 0 Å². The number of terminal acetylenes is 1. The van der Waals surface area contributed by atoms with Gasteiger partial charge in [-0.1, -0.05) is 12.0 Å². The molecule has 2 rings (SSSR count). The van der Waals surface area contributed by atoms with Gasteiger partial charge in [-0.3, -0.25) is 9.59 Å². The highest BCUT2D eigenvalue weighted by Crippen LogP contribution is 2.16. The molecule has 1 aromatic carbocycles. The SMILES string of the molecule is C#CCNC(=O)c1cccc(NC(=O)C2CCCO2)c1. The van der Waals surface area contributed by atoms with E-state index in [1.165, 1.54) is 0 Å². The third-order valence-electron chi connectivity index (χ3n) is 2.97. The smallest absolute Gasteiger partial charge is 0.253 e. The zero-order chi connectivity index (χ0) is 14.4. The molecule has 1 aliphatic rings. The minimum absolute atomic E-state index is 0.172. The summed E-state index contributed by atoms with van der Waals surface area (Å²) < 4.78 is 5.30. The minimum atomic E-state index is -0.395. The second kappa shape index (κ2) is 6.73. The predicted molar refractivity (Wildman–Crippen MR) is 75.2 cm³/mol. The highest BCUT2D eigenvalue weighted by atomic mass is 16.5. The van der Waals surface area contributed by atoms with Crippen LogP contribution in [0, 0.1) is 12.3 Å². The van der Waals surface area contributed by atoms with Crippen molar-refractivity contribution in [3.05, 3.63) is 29.8 Å². The molecule has 1 fully saturated rings. The third-order valence-corrected chi connectivity index (χ3v) is 2.97. The summed E-state index contributed by atoms with van der Waals surface area (Å²) in [5.74, 6) is 1.89. The van der Waals surface area contributed by atoms with Crippen molar-refractivity contribution in [1.29, 1.82) is 0 Å². The Morgan fingerprint density at radius 1 is 1.45 bits per heavy atom. The second-order valence-corrected chi connectivity index (χ2v) is 4.46. The topological polar surface area (TPSA) is 67.4 Å². The molecule has 0 aromatic heterocycles. The number of carbonyl (C=O) groups excluding carboxylic acids is 2. The molecule has 0 radical (unpaired) electrons. The molecule has 0 bridgehead atoms. The summed E-state index contributed by atoms with van der Waals surface area (Å²) in [5.41, 5.74) is 1.02. The zero-order valence-corrected chi connectivity index (χ0v) is 11.0. The number of ether oxygens (including phenoxy) is 1. The predicted octanol–water partition coefficient (Wildman–Crippen LogP) is 1.17. The van der Waals surface area contributed by atoms with Gasteiger partial charge in [0.1, 0.15) is 6.10 Å². The first-order chi connectivity index (χ1) is 9.70. The largest absolute Gasteiger partial charge is 0.368 e. The van der Waals surface area contributed by atoms with Crippen LogP contribution < -0.4 is 10.6 Å². The van der Waals surface area contributed by atoms with Crippen LogP contribution in [-0.2, 0) is 9.53 Å². The summed E-state index contributed by atoms with van der Waals surface area (Å²) in [7, 11) is 0. The van der Waals surface area contributed by atoms with Crippen LogP contribution in [0.3, 0.4) is 0 Å². The number of anilines is 1. The lowest BCUT2D eigenvalue weighted by molar-refractivity contribution is -0.124. The lowest BCUT2D eigenvalue weighted by Crippen LogP contribution is -2.27. The van der Waals surface area contributed by atoms with Gasteiger partial charge < -0.3 is 15.4 Å². The average Bonchev–Trinajstić information content (AvgIpc) is 2.99. The van der Waals surface area contributed by atoms with Gasteiger partial charge >= 0.3 is 0 Å². The molecular weight excluding hydrogens is 256 g/mol. The second-order valence-electron chi connectivity index (χ2n) is 4.46. The summed E-state index contributed by atoms with van der Waals surface area (Å²) in [6, 6.07) is 6.70. The van der Waals surface area contributed by atoms with Gasteiger partial charge in [0.05, 0.1) is 6.54 Å². The summed E-state index contributed by atoms with van der Waals surface area (Å²) >= 11 is 0. The third kappa shape index (κ3) is 3.59. The molecule has 1 aromatic rings. The molecule has 104 valence electrons. The Kier molecular flexibility index (Phi) is 4.75. The number of nitrogens with one attached hydrogen (secondary N) is 2. The Hall–Kier alpha value is -2.32. The highest BCUT2D eigenvalue weighted by molar-refractivity contribution is 5.98. The molecule has 1 saturated heterocycles. The van der Waals surface area contributed by atoms with E-state index in [0.717, 1.165) is 12.8 Å². The van der Waals surface area contributed by atoms with Gasteiger partial charge in [-0.25, -0.2) is 0 Å². The molecule has 20 heavy (non-hydrogen) atoms. The summed E-state index contributed by atoms with van der Waals surface area (Å²) in [6.07, 6.45) is 6.32. The summed E-state index contributed by atoms with van der Waals surface area (Å²) in [4.78, 5) is 23.7. The van der Waals surface area contributed by atoms with Gasteiger partial charge in [-0.05, 0) is 31.0 Å². The highest BCUT2D eigenvalue weighted by Gasteiger charge is 2.23. The molecule has 1 aliphatic heterocycles. The summed E-state index contributed by atoms with van der Waals surface area (Å²) in [6.45, 7) is 0.790. The molecule has 1 unspecified atom stereocenters. The maximum atomic E-state index is 11.9. The Bertz CT molecular complexity index is 542. The standard InChI is InChI=1S/C15H16N2O3/c1-2-8-16-14(18)11-5-3-6-12(10-11)17-15(19)13-7-4-9-20-13/h1,3,5-6,10,13H,4,7-9H2,(H,16,18)(H,17,19).